The average Bonchev–Trinajstić information content (AvgIpc) is 2.43. The maximum Gasteiger partial charge on any atom is 0.335 e. The summed E-state index contributed by atoms with van der Waals surface area (Å²) in [6.07, 6.45) is 0.129. The first-order chi connectivity index (χ1) is 9.95. The van der Waals surface area contributed by atoms with E-state index >= 15 is 0 Å². The summed E-state index contributed by atoms with van der Waals surface area (Å²) in [5.41, 5.74) is 1.24. The first-order valence-corrected chi connectivity index (χ1v) is 6.85. The van der Waals surface area contributed by atoms with E-state index in [1.807, 2.05) is 0 Å². The Balaban J connectivity index is 2.10. The molecule has 0 radical (unpaired) electrons. The minimum Gasteiger partial charge on any atom is -0.508 e. The van der Waals surface area contributed by atoms with Gasteiger partial charge in [-0.05, 0) is 51.8 Å². The third-order valence-electron chi connectivity index (χ3n) is 2.79. The number of phenolic OH excluding ortho intramolecular Hbond substituents is 1. The number of amides is 1. The van der Waals surface area contributed by atoms with Gasteiger partial charge in [0.25, 0.3) is 0 Å². The molecule has 0 saturated heterocycles. The number of phenols is 1. The van der Waals surface area contributed by atoms with E-state index in [0.717, 1.165) is 5.56 Å². The summed E-state index contributed by atoms with van der Waals surface area (Å²) in [4.78, 5) is 22.9. The van der Waals surface area contributed by atoms with Gasteiger partial charge in [-0.15, -0.1) is 0 Å². The van der Waals surface area contributed by atoms with Gasteiger partial charge in [0.05, 0.1) is 17.7 Å². The molecule has 0 unspecified atom stereocenters. The van der Waals surface area contributed by atoms with Gasteiger partial charge in [0.2, 0.25) is 5.91 Å². The fraction of sp³-hybridized carbons (Fsp3) is 0.0667. The minimum absolute atomic E-state index is 0.0955. The van der Waals surface area contributed by atoms with Crippen LogP contribution < -0.4 is 5.32 Å². The van der Waals surface area contributed by atoms with Crippen molar-refractivity contribution >= 4 is 33.5 Å². The van der Waals surface area contributed by atoms with Crippen LogP contribution in [0.4, 0.5) is 5.69 Å². The fourth-order valence-electron chi connectivity index (χ4n) is 1.75. The number of carboxylic acid groups (broad SMARTS) is 1. The minimum atomic E-state index is -1.06. The molecule has 0 bridgehead atoms. The van der Waals surface area contributed by atoms with Gasteiger partial charge >= 0.3 is 5.97 Å². The van der Waals surface area contributed by atoms with E-state index in [0.29, 0.717) is 10.2 Å². The van der Waals surface area contributed by atoms with Crippen molar-refractivity contribution in [3.05, 3.63) is 58.1 Å². The lowest BCUT2D eigenvalue weighted by Gasteiger charge is -2.08. The Bertz CT molecular complexity index is 683. The maximum absolute atomic E-state index is 12.0. The molecule has 0 spiro atoms. The molecule has 108 valence electrons. The van der Waals surface area contributed by atoms with Crippen molar-refractivity contribution in [1.29, 1.82) is 0 Å². The first kappa shape index (κ1) is 15.1. The summed E-state index contributed by atoms with van der Waals surface area (Å²) in [6.45, 7) is 0. The van der Waals surface area contributed by atoms with Gasteiger partial charge in [0.1, 0.15) is 5.75 Å². The van der Waals surface area contributed by atoms with Crippen LogP contribution in [0, 0.1) is 0 Å². The quantitative estimate of drug-likeness (QED) is 0.791. The van der Waals surface area contributed by atoms with Crippen molar-refractivity contribution in [2.45, 2.75) is 6.42 Å². The summed E-state index contributed by atoms with van der Waals surface area (Å²) in [6, 6.07) is 10.7. The van der Waals surface area contributed by atoms with Crippen LogP contribution in [-0.2, 0) is 11.2 Å². The van der Waals surface area contributed by atoms with Gasteiger partial charge in [-0.3, -0.25) is 4.79 Å². The summed E-state index contributed by atoms with van der Waals surface area (Å²) in [5.74, 6) is -1.20. The van der Waals surface area contributed by atoms with Crippen molar-refractivity contribution in [3.63, 3.8) is 0 Å². The molecule has 0 aliphatic rings. The van der Waals surface area contributed by atoms with Gasteiger partial charge in [0, 0.05) is 4.47 Å². The van der Waals surface area contributed by atoms with Crippen LogP contribution in [0.2, 0.25) is 0 Å². The highest BCUT2D eigenvalue weighted by Crippen LogP contribution is 2.24. The highest BCUT2D eigenvalue weighted by Gasteiger charge is 2.10. The molecule has 0 aromatic heterocycles. The zero-order valence-electron chi connectivity index (χ0n) is 10.8. The standard InChI is InChI=1S/C15H12BrNO4/c16-12-6-3-10(15(20)21)8-13(12)17-14(19)7-9-1-4-11(18)5-2-9/h1-6,8,18H,7H2,(H,17,19)(H,20,21). The molecule has 2 aromatic rings. The number of hydrogen-bond donors (Lipinski definition) is 3. The predicted octanol–water partition coefficient (Wildman–Crippen LogP) is 3.03. The Labute approximate surface area is 129 Å². The average molecular weight is 350 g/mol. The van der Waals surface area contributed by atoms with E-state index in [2.05, 4.69) is 21.2 Å². The molecule has 0 heterocycles. The number of rotatable bonds is 4. The second kappa shape index (κ2) is 6.41. The Morgan fingerprint density at radius 3 is 2.38 bits per heavy atom. The third-order valence-corrected chi connectivity index (χ3v) is 3.48. The number of nitrogens with one attached hydrogen (secondary N) is 1. The largest absolute Gasteiger partial charge is 0.508 e. The molecule has 0 fully saturated rings. The molecule has 0 atom stereocenters. The molecule has 21 heavy (non-hydrogen) atoms. The molecule has 0 aliphatic carbocycles. The van der Waals surface area contributed by atoms with Crippen LogP contribution in [0.25, 0.3) is 0 Å². The highest BCUT2D eigenvalue weighted by molar-refractivity contribution is 9.10. The van der Waals surface area contributed by atoms with Crippen molar-refractivity contribution in [2.75, 3.05) is 5.32 Å². The highest BCUT2D eigenvalue weighted by atomic mass is 79.9. The van der Waals surface area contributed by atoms with Crippen molar-refractivity contribution < 1.29 is 19.8 Å². The molecule has 2 rings (SSSR count). The van der Waals surface area contributed by atoms with E-state index in [1.165, 1.54) is 24.3 Å². The zero-order chi connectivity index (χ0) is 15.4. The lowest BCUT2D eigenvalue weighted by molar-refractivity contribution is -0.115. The second-order valence-electron chi connectivity index (χ2n) is 4.39. The topological polar surface area (TPSA) is 86.6 Å². The van der Waals surface area contributed by atoms with Crippen LogP contribution in [0.3, 0.4) is 0 Å². The van der Waals surface area contributed by atoms with Gasteiger partial charge in [0.15, 0.2) is 0 Å². The molecule has 0 saturated carbocycles. The van der Waals surface area contributed by atoms with Crippen LogP contribution in [0.1, 0.15) is 15.9 Å². The first-order valence-electron chi connectivity index (χ1n) is 6.06. The third kappa shape index (κ3) is 4.06. The van der Waals surface area contributed by atoms with E-state index < -0.39 is 5.97 Å². The van der Waals surface area contributed by atoms with Gasteiger partial charge < -0.3 is 15.5 Å². The number of aromatic hydroxyl groups is 1. The molecule has 5 nitrogen and oxygen atoms in total. The lowest BCUT2D eigenvalue weighted by atomic mass is 10.1. The van der Waals surface area contributed by atoms with Crippen LogP contribution in [0.15, 0.2) is 46.9 Å². The normalized spacial score (nSPS) is 10.1. The number of halogens is 1. The molecule has 0 aliphatic heterocycles. The van der Waals surface area contributed by atoms with Crippen molar-refractivity contribution in [3.8, 4) is 5.75 Å². The van der Waals surface area contributed by atoms with E-state index in [4.69, 9.17) is 5.11 Å². The van der Waals surface area contributed by atoms with E-state index in [9.17, 15) is 14.7 Å². The smallest absolute Gasteiger partial charge is 0.335 e. The summed E-state index contributed by atoms with van der Waals surface area (Å²) in [7, 11) is 0. The maximum atomic E-state index is 12.0. The molecule has 1 amide bonds. The Hall–Kier alpha value is -2.34. The molecule has 3 N–H and O–H groups in total. The number of aromatic carboxylic acids is 1. The van der Waals surface area contributed by atoms with Crippen molar-refractivity contribution in [2.24, 2.45) is 0 Å². The number of anilines is 1. The van der Waals surface area contributed by atoms with Crippen LogP contribution in [-0.4, -0.2) is 22.1 Å². The van der Waals surface area contributed by atoms with Gasteiger partial charge in [-0.1, -0.05) is 12.1 Å². The molecule has 2 aromatic carbocycles. The number of carbonyl (C=O) groups excluding carboxylic acids is 1. The van der Waals surface area contributed by atoms with E-state index in [-0.39, 0.29) is 23.6 Å². The Kier molecular flexibility index (Phi) is 4.59. The summed E-state index contributed by atoms with van der Waals surface area (Å²) in [5, 5.41) is 20.8. The number of carbonyl (C=O) groups is 2. The van der Waals surface area contributed by atoms with Crippen LogP contribution in [0.5, 0.6) is 5.75 Å². The SMILES string of the molecule is O=C(Cc1ccc(O)cc1)Nc1cc(C(=O)O)ccc1Br. The van der Waals surface area contributed by atoms with Gasteiger partial charge in [-0.25, -0.2) is 4.79 Å². The molecular formula is C15H12BrNO4. The Morgan fingerprint density at radius 2 is 1.76 bits per heavy atom. The van der Waals surface area contributed by atoms with Crippen molar-refractivity contribution in [1.82, 2.24) is 0 Å². The summed E-state index contributed by atoms with van der Waals surface area (Å²) < 4.78 is 0.603. The zero-order valence-corrected chi connectivity index (χ0v) is 12.4. The predicted molar refractivity (Wildman–Crippen MR) is 81.5 cm³/mol. The van der Waals surface area contributed by atoms with E-state index in [1.54, 1.807) is 18.2 Å². The Morgan fingerprint density at radius 1 is 1.10 bits per heavy atom. The second-order valence-corrected chi connectivity index (χ2v) is 5.25. The van der Waals surface area contributed by atoms with Gasteiger partial charge in [-0.2, -0.15) is 0 Å². The monoisotopic (exact) mass is 349 g/mol. The van der Waals surface area contributed by atoms with Crippen LogP contribution >= 0.6 is 15.9 Å². The molecule has 6 heteroatoms. The number of benzene rings is 2. The number of hydrogen-bond acceptors (Lipinski definition) is 3. The summed E-state index contributed by atoms with van der Waals surface area (Å²) >= 11 is 3.26. The number of carboxylic acids is 1. The fourth-order valence-corrected chi connectivity index (χ4v) is 2.09. The lowest BCUT2D eigenvalue weighted by Crippen LogP contribution is -2.15. The molecular weight excluding hydrogens is 338 g/mol.